The number of hydrogen-bond donors (Lipinski definition) is 0. The summed E-state index contributed by atoms with van der Waals surface area (Å²) >= 11 is 0. The minimum absolute atomic E-state index is 0.0497. The summed E-state index contributed by atoms with van der Waals surface area (Å²) in [5.41, 5.74) is 1.18. The molecule has 0 bridgehead atoms. The van der Waals surface area contributed by atoms with Crippen molar-refractivity contribution in [2.45, 2.75) is 102 Å². The summed E-state index contributed by atoms with van der Waals surface area (Å²) in [5, 5.41) is 0.142. The molecule has 2 aliphatic heterocycles. The second-order valence-corrected chi connectivity index (χ2v) is 15.0. The summed E-state index contributed by atoms with van der Waals surface area (Å²) in [6.45, 7) is 16.7. The van der Waals surface area contributed by atoms with Crippen LogP contribution in [0.25, 0.3) is 0 Å². The lowest BCUT2D eigenvalue weighted by Gasteiger charge is -2.50. The zero-order valence-electron chi connectivity index (χ0n) is 19.5. The Morgan fingerprint density at radius 2 is 1.93 bits per heavy atom. The van der Waals surface area contributed by atoms with E-state index in [9.17, 15) is 0 Å². The van der Waals surface area contributed by atoms with Crippen LogP contribution in [0, 0.1) is 0 Å². The minimum atomic E-state index is -1.93. The molecule has 3 rings (SSSR count). The lowest BCUT2D eigenvalue weighted by molar-refractivity contribution is -0.348. The van der Waals surface area contributed by atoms with E-state index in [0.29, 0.717) is 6.61 Å². The van der Waals surface area contributed by atoms with Gasteiger partial charge in [-0.2, -0.15) is 0 Å². The molecule has 2 heterocycles. The maximum Gasteiger partial charge on any atom is 0.195 e. The van der Waals surface area contributed by atoms with E-state index in [1.54, 1.807) is 0 Å². The van der Waals surface area contributed by atoms with Gasteiger partial charge in [-0.3, -0.25) is 0 Å². The van der Waals surface area contributed by atoms with Gasteiger partial charge in [-0.1, -0.05) is 57.2 Å². The first-order valence-electron chi connectivity index (χ1n) is 11.4. The SMILES string of the molecule is C=C[C@H](O[Si](C)(C)C(C)(C)C)[C@@H]1CC[C@@H](OCc2ccccc2)[C@@]2(CCCCO2)O1. The smallest absolute Gasteiger partial charge is 0.195 e. The number of benzene rings is 1. The third-order valence-corrected chi connectivity index (χ3v) is 11.4. The molecule has 0 aromatic heterocycles. The molecular weight excluding hydrogens is 392 g/mol. The topological polar surface area (TPSA) is 36.9 Å². The minimum Gasteiger partial charge on any atom is -0.408 e. The molecule has 0 radical (unpaired) electrons. The van der Waals surface area contributed by atoms with Gasteiger partial charge in [0.25, 0.3) is 0 Å². The van der Waals surface area contributed by atoms with E-state index in [1.165, 1.54) is 5.56 Å². The van der Waals surface area contributed by atoms with E-state index in [-0.39, 0.29) is 23.4 Å². The van der Waals surface area contributed by atoms with E-state index in [2.05, 4.69) is 52.6 Å². The third-order valence-electron chi connectivity index (χ3n) is 6.95. The Morgan fingerprint density at radius 1 is 1.20 bits per heavy atom. The van der Waals surface area contributed by atoms with Crippen molar-refractivity contribution in [1.82, 2.24) is 0 Å². The molecule has 1 spiro atoms. The molecule has 0 amide bonds. The molecule has 0 N–H and O–H groups in total. The average molecular weight is 433 g/mol. The van der Waals surface area contributed by atoms with Gasteiger partial charge in [0.1, 0.15) is 6.10 Å². The fourth-order valence-electron chi connectivity index (χ4n) is 4.07. The van der Waals surface area contributed by atoms with Crippen molar-refractivity contribution in [2.75, 3.05) is 6.61 Å². The quantitative estimate of drug-likeness (QED) is 0.378. The van der Waals surface area contributed by atoms with Gasteiger partial charge in [-0.05, 0) is 49.4 Å². The summed E-state index contributed by atoms with van der Waals surface area (Å²) in [6, 6.07) is 10.3. The van der Waals surface area contributed by atoms with E-state index in [4.69, 9.17) is 18.6 Å². The molecule has 2 saturated heterocycles. The van der Waals surface area contributed by atoms with E-state index in [1.807, 2.05) is 24.3 Å². The number of rotatable bonds is 7. The van der Waals surface area contributed by atoms with Crippen LogP contribution in [0.15, 0.2) is 43.0 Å². The van der Waals surface area contributed by atoms with Crippen molar-refractivity contribution in [3.63, 3.8) is 0 Å². The van der Waals surface area contributed by atoms with Gasteiger partial charge in [0.05, 0.1) is 25.4 Å². The van der Waals surface area contributed by atoms with Gasteiger partial charge in [0, 0.05) is 6.42 Å². The van der Waals surface area contributed by atoms with Gasteiger partial charge in [0.15, 0.2) is 14.1 Å². The fourth-order valence-corrected chi connectivity index (χ4v) is 5.35. The average Bonchev–Trinajstić information content (AvgIpc) is 2.71. The van der Waals surface area contributed by atoms with Gasteiger partial charge < -0.3 is 18.6 Å². The Bertz CT molecular complexity index is 676. The standard InChI is InChI=1S/C25H40O4Si/c1-7-21(29-30(5,6)24(2,3)4)22-15-16-23(25(28-22)17-11-12-18-27-25)26-19-20-13-9-8-10-14-20/h7-10,13-14,21-23H,1,11-12,15-19H2,2-6H3/t21-,22-,23+,25+/m0/s1. The normalized spacial score (nSPS) is 29.0. The first-order valence-corrected chi connectivity index (χ1v) is 14.4. The molecule has 2 fully saturated rings. The van der Waals surface area contributed by atoms with Crippen LogP contribution < -0.4 is 0 Å². The second kappa shape index (κ2) is 9.66. The van der Waals surface area contributed by atoms with Crippen molar-refractivity contribution in [2.24, 2.45) is 0 Å². The highest BCUT2D eigenvalue weighted by Crippen LogP contribution is 2.43. The molecule has 0 unspecified atom stereocenters. The van der Waals surface area contributed by atoms with Crippen LogP contribution in [0.5, 0.6) is 0 Å². The van der Waals surface area contributed by atoms with Crippen molar-refractivity contribution in [1.29, 1.82) is 0 Å². The van der Waals surface area contributed by atoms with Crippen LogP contribution in [0.4, 0.5) is 0 Å². The van der Waals surface area contributed by atoms with Crippen LogP contribution in [0.1, 0.15) is 58.4 Å². The van der Waals surface area contributed by atoms with Crippen LogP contribution in [0.2, 0.25) is 18.1 Å². The molecule has 1 aromatic carbocycles. The molecule has 168 valence electrons. The molecule has 4 atom stereocenters. The monoisotopic (exact) mass is 432 g/mol. The summed E-state index contributed by atoms with van der Waals surface area (Å²) in [5.74, 6) is -0.673. The third kappa shape index (κ3) is 5.43. The Morgan fingerprint density at radius 3 is 2.53 bits per heavy atom. The van der Waals surface area contributed by atoms with E-state index in [0.717, 1.165) is 38.7 Å². The summed E-state index contributed by atoms with van der Waals surface area (Å²) < 4.78 is 26.1. The van der Waals surface area contributed by atoms with Crippen molar-refractivity contribution < 1.29 is 18.6 Å². The molecule has 0 saturated carbocycles. The first-order chi connectivity index (χ1) is 14.2. The highest BCUT2D eigenvalue weighted by molar-refractivity contribution is 6.74. The summed E-state index contributed by atoms with van der Waals surface area (Å²) in [6.07, 6.45) is 6.52. The Kier molecular flexibility index (Phi) is 7.62. The molecule has 1 aromatic rings. The first kappa shape index (κ1) is 23.7. The van der Waals surface area contributed by atoms with E-state index < -0.39 is 14.1 Å². The molecule has 0 aliphatic carbocycles. The van der Waals surface area contributed by atoms with Crippen molar-refractivity contribution >= 4 is 8.32 Å². The summed E-state index contributed by atoms with van der Waals surface area (Å²) in [4.78, 5) is 0. The highest BCUT2D eigenvalue weighted by atomic mass is 28.4. The lowest BCUT2D eigenvalue weighted by atomic mass is 9.90. The van der Waals surface area contributed by atoms with Gasteiger partial charge in [-0.15, -0.1) is 6.58 Å². The highest BCUT2D eigenvalue weighted by Gasteiger charge is 2.50. The zero-order valence-corrected chi connectivity index (χ0v) is 20.5. The molecule has 2 aliphatic rings. The van der Waals surface area contributed by atoms with Crippen molar-refractivity contribution in [3.05, 3.63) is 48.6 Å². The maximum atomic E-state index is 6.71. The Balaban J connectivity index is 1.72. The number of hydrogen-bond acceptors (Lipinski definition) is 4. The van der Waals surface area contributed by atoms with Crippen LogP contribution >= 0.6 is 0 Å². The molecule has 5 heteroatoms. The molecule has 30 heavy (non-hydrogen) atoms. The largest absolute Gasteiger partial charge is 0.408 e. The van der Waals surface area contributed by atoms with Gasteiger partial charge in [0.2, 0.25) is 0 Å². The summed E-state index contributed by atoms with van der Waals surface area (Å²) in [7, 11) is -1.93. The second-order valence-electron chi connectivity index (χ2n) is 10.2. The number of ether oxygens (including phenoxy) is 3. The lowest BCUT2D eigenvalue weighted by Crippen LogP contribution is -2.58. The fraction of sp³-hybridized carbons (Fsp3) is 0.680. The van der Waals surface area contributed by atoms with Crippen LogP contribution in [-0.4, -0.2) is 39.0 Å². The predicted octanol–water partition coefficient (Wildman–Crippen LogP) is 6.22. The van der Waals surface area contributed by atoms with Crippen LogP contribution in [-0.2, 0) is 25.2 Å². The molecule has 4 nitrogen and oxygen atoms in total. The van der Waals surface area contributed by atoms with Gasteiger partial charge in [-0.25, -0.2) is 0 Å². The maximum absolute atomic E-state index is 6.71. The predicted molar refractivity (Wildman–Crippen MR) is 124 cm³/mol. The zero-order chi connectivity index (χ0) is 21.8. The van der Waals surface area contributed by atoms with E-state index >= 15 is 0 Å². The Labute approximate surface area is 184 Å². The van der Waals surface area contributed by atoms with Crippen LogP contribution in [0.3, 0.4) is 0 Å². The molecular formula is C25H40O4Si. The van der Waals surface area contributed by atoms with Gasteiger partial charge >= 0.3 is 0 Å². The Hall–Kier alpha value is -0.983. The van der Waals surface area contributed by atoms with Crippen molar-refractivity contribution in [3.8, 4) is 0 Å².